The van der Waals surface area contributed by atoms with Gasteiger partial charge in [0, 0.05) is 38.2 Å². The highest BCUT2D eigenvalue weighted by Gasteiger charge is 2.21. The molecule has 0 radical (unpaired) electrons. The minimum atomic E-state index is 0.555. The summed E-state index contributed by atoms with van der Waals surface area (Å²) in [6.07, 6.45) is 0. The van der Waals surface area contributed by atoms with E-state index in [2.05, 4.69) is 103 Å². The summed E-state index contributed by atoms with van der Waals surface area (Å²) in [5.41, 5.74) is 7.97. The van der Waals surface area contributed by atoms with Gasteiger partial charge < -0.3 is 8.83 Å². The number of hydrogen-bond donors (Lipinski definition) is 0. The van der Waals surface area contributed by atoms with Crippen molar-refractivity contribution in [3.05, 3.63) is 176 Å². The van der Waals surface area contributed by atoms with Crippen molar-refractivity contribution >= 4 is 76.2 Å². The Balaban J connectivity index is 1.14. The zero-order valence-corrected chi connectivity index (χ0v) is 29.9. The fraction of sp³-hybridized carbons (Fsp3) is 0. The number of rotatable bonds is 4. The molecule has 0 amide bonds. The van der Waals surface area contributed by atoms with Gasteiger partial charge in [-0.25, -0.2) is 15.0 Å². The third-order valence-electron chi connectivity index (χ3n) is 11.1. The molecule has 56 heavy (non-hydrogen) atoms. The van der Waals surface area contributed by atoms with E-state index in [0.29, 0.717) is 17.5 Å². The maximum absolute atomic E-state index is 6.63. The first-order chi connectivity index (χ1) is 27.7. The van der Waals surface area contributed by atoms with Crippen LogP contribution in [0.15, 0.2) is 185 Å². The van der Waals surface area contributed by atoms with Crippen molar-refractivity contribution in [2.75, 3.05) is 0 Å². The van der Waals surface area contributed by atoms with Crippen LogP contribution >= 0.6 is 0 Å². The Hall–Kier alpha value is -7.63. The van der Waals surface area contributed by atoms with Crippen LogP contribution in [0, 0.1) is 0 Å². The third kappa shape index (κ3) is 4.64. The second-order valence-corrected chi connectivity index (χ2v) is 14.3. The topological polar surface area (TPSA) is 65.0 Å². The number of fused-ring (bicyclic) bond motifs is 12. The minimum Gasteiger partial charge on any atom is -0.456 e. The molecule has 12 aromatic rings. The summed E-state index contributed by atoms with van der Waals surface area (Å²) in [5, 5.41) is 11.5. The summed E-state index contributed by atoms with van der Waals surface area (Å²) < 4.78 is 12.9. The van der Waals surface area contributed by atoms with Gasteiger partial charge >= 0.3 is 0 Å². The van der Waals surface area contributed by atoms with Crippen LogP contribution in [0.4, 0.5) is 0 Å². The van der Waals surface area contributed by atoms with Crippen molar-refractivity contribution in [2.24, 2.45) is 0 Å². The highest BCUT2D eigenvalue weighted by molar-refractivity contribution is 6.26. The number of benzene rings is 9. The van der Waals surface area contributed by atoms with Crippen molar-refractivity contribution in [3.63, 3.8) is 0 Å². The fourth-order valence-electron chi connectivity index (χ4n) is 8.59. The van der Waals surface area contributed by atoms with E-state index < -0.39 is 0 Å². The van der Waals surface area contributed by atoms with E-state index in [-0.39, 0.29) is 0 Å². The van der Waals surface area contributed by atoms with E-state index in [9.17, 15) is 0 Å². The molecule has 260 valence electrons. The van der Waals surface area contributed by atoms with Crippen molar-refractivity contribution in [1.82, 2.24) is 15.0 Å². The van der Waals surface area contributed by atoms with E-state index in [4.69, 9.17) is 23.8 Å². The molecular formula is C51H29N3O2. The quantitative estimate of drug-likeness (QED) is 0.170. The molecule has 0 saturated carbocycles. The van der Waals surface area contributed by atoms with Crippen LogP contribution in [-0.2, 0) is 0 Å². The molecule has 0 aliphatic heterocycles. The van der Waals surface area contributed by atoms with Crippen molar-refractivity contribution in [2.45, 2.75) is 0 Å². The summed E-state index contributed by atoms with van der Waals surface area (Å²) in [6, 6.07) is 61.0. The lowest BCUT2D eigenvalue weighted by Crippen LogP contribution is -2.00. The molecule has 0 aliphatic carbocycles. The Kier molecular flexibility index (Phi) is 6.56. The van der Waals surface area contributed by atoms with Crippen LogP contribution in [-0.4, -0.2) is 15.0 Å². The molecule has 3 aromatic heterocycles. The molecule has 0 atom stereocenters. The van der Waals surface area contributed by atoms with Crippen LogP contribution in [0.1, 0.15) is 0 Å². The molecule has 3 heterocycles. The van der Waals surface area contributed by atoms with Crippen molar-refractivity contribution in [1.29, 1.82) is 0 Å². The zero-order valence-electron chi connectivity index (χ0n) is 29.9. The van der Waals surface area contributed by atoms with E-state index in [0.717, 1.165) is 71.7 Å². The maximum Gasteiger partial charge on any atom is 0.164 e. The summed E-state index contributed by atoms with van der Waals surface area (Å²) in [7, 11) is 0. The van der Waals surface area contributed by atoms with E-state index in [1.165, 1.54) is 32.3 Å². The summed E-state index contributed by atoms with van der Waals surface area (Å²) >= 11 is 0. The van der Waals surface area contributed by atoms with Crippen LogP contribution in [0.2, 0.25) is 0 Å². The lowest BCUT2D eigenvalue weighted by Gasteiger charge is -2.14. The predicted octanol–water partition coefficient (Wildman–Crippen LogP) is 13.8. The highest BCUT2D eigenvalue weighted by Crippen LogP contribution is 2.43. The average molecular weight is 716 g/mol. The first kappa shape index (κ1) is 30.8. The van der Waals surface area contributed by atoms with Gasteiger partial charge in [-0.2, -0.15) is 0 Å². The summed E-state index contributed by atoms with van der Waals surface area (Å²) in [6.45, 7) is 0. The van der Waals surface area contributed by atoms with Crippen LogP contribution in [0.3, 0.4) is 0 Å². The van der Waals surface area contributed by atoms with Gasteiger partial charge in [0.2, 0.25) is 0 Å². The standard InChI is InChI=1S/C51H29N3O2/c1-2-13-30(14-3-1)49-52-50(54-51(53-49)40-21-12-24-45-47(40)38-19-8-10-22-43(38)55-45)32-28-41(48-39-20-9-11-23-44(39)56-46(48)29-32)31-25-26-37-35-17-5-4-15-33(35)34-16-6-7-18-36(34)42(37)27-31/h1-29H. The molecule has 0 N–H and O–H groups in total. The van der Waals surface area contributed by atoms with E-state index >= 15 is 0 Å². The second kappa shape index (κ2) is 11.9. The fourth-order valence-corrected chi connectivity index (χ4v) is 8.59. The van der Waals surface area contributed by atoms with Crippen molar-refractivity contribution in [3.8, 4) is 45.3 Å². The van der Waals surface area contributed by atoms with Crippen LogP contribution in [0.5, 0.6) is 0 Å². The molecular weight excluding hydrogens is 687 g/mol. The number of para-hydroxylation sites is 2. The Morgan fingerprint density at radius 1 is 0.268 bits per heavy atom. The zero-order chi connectivity index (χ0) is 36.7. The lowest BCUT2D eigenvalue weighted by atomic mass is 9.90. The first-order valence-electron chi connectivity index (χ1n) is 18.8. The summed E-state index contributed by atoms with van der Waals surface area (Å²) in [5.74, 6) is 1.71. The van der Waals surface area contributed by atoms with E-state index in [1.54, 1.807) is 0 Å². The van der Waals surface area contributed by atoms with Gasteiger partial charge in [-0.05, 0) is 79.8 Å². The predicted molar refractivity (Wildman–Crippen MR) is 229 cm³/mol. The third-order valence-corrected chi connectivity index (χ3v) is 11.1. The van der Waals surface area contributed by atoms with Gasteiger partial charge in [-0.15, -0.1) is 0 Å². The monoisotopic (exact) mass is 715 g/mol. The normalized spacial score (nSPS) is 11.9. The Morgan fingerprint density at radius 3 is 1.45 bits per heavy atom. The lowest BCUT2D eigenvalue weighted by molar-refractivity contribution is 0.668. The molecule has 0 spiro atoms. The second-order valence-electron chi connectivity index (χ2n) is 14.3. The molecule has 0 saturated heterocycles. The maximum atomic E-state index is 6.63. The van der Waals surface area contributed by atoms with Gasteiger partial charge in [0.15, 0.2) is 17.5 Å². The molecule has 0 fully saturated rings. The number of furan rings is 2. The van der Waals surface area contributed by atoms with Crippen LogP contribution in [0.25, 0.3) is 121 Å². The average Bonchev–Trinajstić information content (AvgIpc) is 3.85. The minimum absolute atomic E-state index is 0.555. The smallest absolute Gasteiger partial charge is 0.164 e. The molecule has 5 nitrogen and oxygen atoms in total. The van der Waals surface area contributed by atoms with Gasteiger partial charge in [0.25, 0.3) is 0 Å². The van der Waals surface area contributed by atoms with E-state index in [1.807, 2.05) is 72.8 Å². The molecule has 0 aliphatic rings. The Bertz CT molecular complexity index is 3510. The molecule has 12 rings (SSSR count). The first-order valence-corrected chi connectivity index (χ1v) is 18.8. The SMILES string of the molecule is c1ccc(-c2nc(-c3cc(-c4ccc5c6ccccc6c6ccccc6c5c4)c4c(c3)oc3ccccc34)nc(-c3cccc4oc5ccccc5c34)n2)cc1. The number of nitrogens with zero attached hydrogens (tertiary/aromatic N) is 3. The van der Waals surface area contributed by atoms with Gasteiger partial charge in [0.05, 0.1) is 0 Å². The van der Waals surface area contributed by atoms with Gasteiger partial charge in [-0.3, -0.25) is 0 Å². The number of hydrogen-bond acceptors (Lipinski definition) is 5. The Labute approximate surface area is 320 Å². The Morgan fingerprint density at radius 2 is 0.768 bits per heavy atom. The van der Waals surface area contributed by atoms with Gasteiger partial charge in [0.1, 0.15) is 22.3 Å². The van der Waals surface area contributed by atoms with Crippen molar-refractivity contribution < 1.29 is 8.83 Å². The van der Waals surface area contributed by atoms with Crippen LogP contribution < -0.4 is 0 Å². The molecule has 9 aromatic carbocycles. The summed E-state index contributed by atoms with van der Waals surface area (Å²) in [4.78, 5) is 15.5. The molecule has 0 unspecified atom stereocenters. The van der Waals surface area contributed by atoms with Gasteiger partial charge in [-0.1, -0.05) is 140 Å². The largest absolute Gasteiger partial charge is 0.456 e. The number of aromatic nitrogens is 3. The highest BCUT2D eigenvalue weighted by atomic mass is 16.3. The molecule has 5 heteroatoms. The molecule has 0 bridgehead atoms.